The first-order valence-corrected chi connectivity index (χ1v) is 5.98. The number of imidazole rings is 1. The zero-order valence-corrected chi connectivity index (χ0v) is 10.1. The summed E-state index contributed by atoms with van der Waals surface area (Å²) < 4.78 is 0. The van der Waals surface area contributed by atoms with Crippen LogP contribution in [-0.2, 0) is 17.6 Å². The number of hydrogen-bond donors (Lipinski definition) is 2. The molecule has 2 rings (SSSR count). The molecule has 2 N–H and O–H groups in total. The van der Waals surface area contributed by atoms with E-state index in [1.165, 1.54) is 0 Å². The molecule has 94 valence electrons. The number of aromatic nitrogens is 3. The molecule has 1 amide bonds. The van der Waals surface area contributed by atoms with Gasteiger partial charge in [-0.2, -0.15) is 0 Å². The molecule has 2 heterocycles. The van der Waals surface area contributed by atoms with Crippen molar-refractivity contribution in [2.45, 2.75) is 19.3 Å². The van der Waals surface area contributed by atoms with Gasteiger partial charge in [-0.25, -0.2) is 4.98 Å². The molecule has 0 unspecified atom stereocenters. The number of hydrogen-bond acceptors (Lipinski definition) is 3. The summed E-state index contributed by atoms with van der Waals surface area (Å²) in [4.78, 5) is 22.7. The highest BCUT2D eigenvalue weighted by Crippen LogP contribution is 2.00. The highest BCUT2D eigenvalue weighted by Gasteiger charge is 2.02. The summed E-state index contributed by atoms with van der Waals surface area (Å²) in [5, 5.41) is 2.87. The monoisotopic (exact) mass is 244 g/mol. The third kappa shape index (κ3) is 4.01. The van der Waals surface area contributed by atoms with Crippen LogP contribution >= 0.6 is 0 Å². The van der Waals surface area contributed by atoms with Crippen molar-refractivity contribution >= 4 is 5.91 Å². The van der Waals surface area contributed by atoms with Gasteiger partial charge in [-0.1, -0.05) is 6.07 Å². The van der Waals surface area contributed by atoms with Gasteiger partial charge in [0, 0.05) is 44.2 Å². The Hall–Kier alpha value is -2.17. The topological polar surface area (TPSA) is 70.7 Å². The Labute approximate surface area is 106 Å². The van der Waals surface area contributed by atoms with E-state index >= 15 is 0 Å². The van der Waals surface area contributed by atoms with E-state index in [0.29, 0.717) is 13.0 Å². The lowest BCUT2D eigenvalue weighted by Crippen LogP contribution is -2.26. The van der Waals surface area contributed by atoms with Gasteiger partial charge in [0.15, 0.2) is 0 Å². The van der Waals surface area contributed by atoms with Gasteiger partial charge in [0.2, 0.25) is 5.91 Å². The Morgan fingerprint density at radius 1 is 1.33 bits per heavy atom. The number of carbonyl (C=O) groups is 1. The van der Waals surface area contributed by atoms with Crippen LogP contribution in [0, 0.1) is 0 Å². The Morgan fingerprint density at radius 3 is 3.00 bits per heavy atom. The highest BCUT2D eigenvalue weighted by molar-refractivity contribution is 5.76. The van der Waals surface area contributed by atoms with E-state index in [2.05, 4.69) is 20.3 Å². The van der Waals surface area contributed by atoms with Crippen LogP contribution in [0.2, 0.25) is 0 Å². The van der Waals surface area contributed by atoms with Crippen molar-refractivity contribution in [3.8, 4) is 0 Å². The summed E-state index contributed by atoms with van der Waals surface area (Å²) in [5.74, 6) is 0.952. The van der Waals surface area contributed by atoms with Gasteiger partial charge in [0.05, 0.1) is 0 Å². The zero-order valence-electron chi connectivity index (χ0n) is 10.1. The Morgan fingerprint density at radius 2 is 2.28 bits per heavy atom. The van der Waals surface area contributed by atoms with Gasteiger partial charge in [-0.3, -0.25) is 9.78 Å². The molecule has 2 aromatic rings. The molecule has 0 radical (unpaired) electrons. The molecule has 5 nitrogen and oxygen atoms in total. The maximum Gasteiger partial charge on any atom is 0.220 e. The number of pyridine rings is 1. The summed E-state index contributed by atoms with van der Waals surface area (Å²) in [6.45, 7) is 0.611. The molecule has 2 aromatic heterocycles. The van der Waals surface area contributed by atoms with Crippen LogP contribution in [0.25, 0.3) is 0 Å². The fourth-order valence-corrected chi connectivity index (χ4v) is 1.65. The van der Waals surface area contributed by atoms with Gasteiger partial charge in [0.1, 0.15) is 5.82 Å². The maximum absolute atomic E-state index is 11.6. The van der Waals surface area contributed by atoms with Gasteiger partial charge < -0.3 is 10.3 Å². The second kappa shape index (κ2) is 6.54. The molecule has 18 heavy (non-hydrogen) atoms. The molecular formula is C13H16N4O. The number of rotatable bonds is 6. The average Bonchev–Trinajstić information content (AvgIpc) is 2.91. The second-order valence-electron chi connectivity index (χ2n) is 4.00. The fraction of sp³-hybridized carbons (Fsp3) is 0.308. The van der Waals surface area contributed by atoms with Crippen molar-refractivity contribution in [1.82, 2.24) is 20.3 Å². The van der Waals surface area contributed by atoms with Gasteiger partial charge in [-0.05, 0) is 18.1 Å². The van der Waals surface area contributed by atoms with Crippen molar-refractivity contribution in [2.75, 3.05) is 6.54 Å². The highest BCUT2D eigenvalue weighted by atomic mass is 16.1. The van der Waals surface area contributed by atoms with E-state index in [9.17, 15) is 4.79 Å². The van der Waals surface area contributed by atoms with Crippen LogP contribution in [0.5, 0.6) is 0 Å². The number of aryl methyl sites for hydroxylation is 1. The normalized spacial score (nSPS) is 10.2. The molecule has 0 aliphatic heterocycles. The predicted molar refractivity (Wildman–Crippen MR) is 67.9 cm³/mol. The second-order valence-corrected chi connectivity index (χ2v) is 4.00. The van der Waals surface area contributed by atoms with Gasteiger partial charge >= 0.3 is 0 Å². The first-order chi connectivity index (χ1) is 8.84. The summed E-state index contributed by atoms with van der Waals surface area (Å²) in [6.07, 6.45) is 8.94. The lowest BCUT2D eigenvalue weighted by atomic mass is 10.1. The van der Waals surface area contributed by atoms with E-state index < -0.39 is 0 Å². The summed E-state index contributed by atoms with van der Waals surface area (Å²) in [7, 11) is 0. The van der Waals surface area contributed by atoms with E-state index in [-0.39, 0.29) is 5.91 Å². The number of nitrogens with zero attached hydrogens (tertiary/aromatic N) is 2. The SMILES string of the molecule is O=C(CCc1cccnc1)NCCc1ncc[nH]1. The molecular weight excluding hydrogens is 228 g/mol. The molecule has 0 aliphatic carbocycles. The maximum atomic E-state index is 11.6. The Balaban J connectivity index is 1.63. The van der Waals surface area contributed by atoms with E-state index in [1.54, 1.807) is 24.8 Å². The fourth-order valence-electron chi connectivity index (χ4n) is 1.65. The van der Waals surface area contributed by atoms with Gasteiger partial charge in [-0.15, -0.1) is 0 Å². The molecule has 0 saturated heterocycles. The molecule has 0 fully saturated rings. The van der Waals surface area contributed by atoms with Crippen LogP contribution in [0.15, 0.2) is 36.9 Å². The molecule has 0 bridgehead atoms. The van der Waals surface area contributed by atoms with Crippen molar-refractivity contribution in [3.63, 3.8) is 0 Å². The first-order valence-electron chi connectivity index (χ1n) is 5.98. The molecule has 0 aliphatic rings. The van der Waals surface area contributed by atoms with E-state index in [4.69, 9.17) is 0 Å². The molecule has 5 heteroatoms. The summed E-state index contributed by atoms with van der Waals surface area (Å²) in [6, 6.07) is 3.85. The van der Waals surface area contributed by atoms with Crippen molar-refractivity contribution in [1.29, 1.82) is 0 Å². The zero-order chi connectivity index (χ0) is 12.6. The summed E-state index contributed by atoms with van der Waals surface area (Å²) in [5.41, 5.74) is 1.08. The number of aromatic amines is 1. The van der Waals surface area contributed by atoms with E-state index in [0.717, 1.165) is 24.2 Å². The molecule has 0 aromatic carbocycles. The number of H-pyrrole nitrogens is 1. The van der Waals surface area contributed by atoms with Crippen LogP contribution < -0.4 is 5.32 Å². The molecule has 0 spiro atoms. The van der Waals surface area contributed by atoms with Crippen LogP contribution in [0.3, 0.4) is 0 Å². The quantitative estimate of drug-likeness (QED) is 0.799. The van der Waals surface area contributed by atoms with Gasteiger partial charge in [0.25, 0.3) is 0 Å². The smallest absolute Gasteiger partial charge is 0.220 e. The lowest BCUT2D eigenvalue weighted by Gasteiger charge is -2.04. The van der Waals surface area contributed by atoms with Crippen LogP contribution in [0.1, 0.15) is 17.8 Å². The largest absolute Gasteiger partial charge is 0.356 e. The Bertz CT molecular complexity index is 467. The van der Waals surface area contributed by atoms with Crippen molar-refractivity contribution in [2.24, 2.45) is 0 Å². The Kier molecular flexibility index (Phi) is 4.46. The molecule has 0 saturated carbocycles. The minimum absolute atomic E-state index is 0.0606. The third-order valence-corrected chi connectivity index (χ3v) is 2.60. The van der Waals surface area contributed by atoms with Crippen LogP contribution in [-0.4, -0.2) is 27.4 Å². The standard InChI is InChI=1S/C13H16N4O/c18-13(4-3-11-2-1-6-14-10-11)17-7-5-12-15-8-9-16-12/h1-2,6,8-10H,3-5,7H2,(H,15,16)(H,17,18). The number of amides is 1. The average molecular weight is 244 g/mol. The minimum atomic E-state index is 0.0606. The first kappa shape index (κ1) is 12.3. The predicted octanol–water partition coefficient (Wildman–Crippen LogP) is 1.10. The van der Waals surface area contributed by atoms with Crippen molar-refractivity contribution in [3.05, 3.63) is 48.3 Å². The third-order valence-electron chi connectivity index (χ3n) is 2.60. The number of nitrogens with one attached hydrogen (secondary N) is 2. The summed E-state index contributed by atoms with van der Waals surface area (Å²) >= 11 is 0. The van der Waals surface area contributed by atoms with Crippen LogP contribution in [0.4, 0.5) is 0 Å². The number of carbonyl (C=O) groups excluding carboxylic acids is 1. The molecule has 0 atom stereocenters. The lowest BCUT2D eigenvalue weighted by molar-refractivity contribution is -0.121. The van der Waals surface area contributed by atoms with Crippen molar-refractivity contribution < 1.29 is 4.79 Å². The minimum Gasteiger partial charge on any atom is -0.356 e. The van der Waals surface area contributed by atoms with E-state index in [1.807, 2.05) is 12.1 Å².